The minimum absolute atomic E-state index is 0.229. The van der Waals surface area contributed by atoms with Crippen LogP contribution >= 0.6 is 0 Å². The third kappa shape index (κ3) is 4.92. The minimum atomic E-state index is -0.229. The highest BCUT2D eigenvalue weighted by molar-refractivity contribution is 6.12. The first kappa shape index (κ1) is 31.5. The largest absolute Gasteiger partial charge is 0.309 e. The van der Waals surface area contributed by atoms with E-state index in [0.29, 0.717) is 5.95 Å². The molecular weight excluding hydrogens is 669 g/mol. The second-order valence-electron chi connectivity index (χ2n) is 15.1. The zero-order valence-corrected chi connectivity index (χ0v) is 30.6. The van der Waals surface area contributed by atoms with Gasteiger partial charge >= 0.3 is 0 Å². The molecule has 0 unspecified atom stereocenters. The summed E-state index contributed by atoms with van der Waals surface area (Å²) in [5.41, 5.74) is 14.4. The van der Waals surface area contributed by atoms with Crippen LogP contribution in [0.25, 0.3) is 94.8 Å². The Hall–Kier alpha value is -7.04. The molecule has 0 amide bonds. The van der Waals surface area contributed by atoms with Gasteiger partial charge in [-0.1, -0.05) is 141 Å². The molecule has 0 saturated carbocycles. The molecule has 0 bridgehead atoms. The van der Waals surface area contributed by atoms with Crippen molar-refractivity contribution in [1.29, 1.82) is 0 Å². The third-order valence-electron chi connectivity index (χ3n) is 11.3. The van der Waals surface area contributed by atoms with E-state index in [1.165, 1.54) is 54.8 Å². The van der Waals surface area contributed by atoms with Gasteiger partial charge in [-0.3, -0.25) is 4.57 Å². The van der Waals surface area contributed by atoms with Gasteiger partial charge in [0.2, 0.25) is 5.95 Å². The van der Waals surface area contributed by atoms with Gasteiger partial charge in [0.05, 0.1) is 33.5 Å². The Morgan fingerprint density at radius 1 is 0.418 bits per heavy atom. The molecule has 7 aromatic carbocycles. The van der Waals surface area contributed by atoms with Crippen LogP contribution < -0.4 is 0 Å². The molecule has 0 spiro atoms. The van der Waals surface area contributed by atoms with Gasteiger partial charge in [0.25, 0.3) is 0 Å². The summed E-state index contributed by atoms with van der Waals surface area (Å²) in [7, 11) is 0. The first-order valence-electron chi connectivity index (χ1n) is 18.9. The zero-order valence-electron chi connectivity index (χ0n) is 30.6. The second-order valence-corrected chi connectivity index (χ2v) is 15.1. The number of para-hydroxylation sites is 3. The average molecular weight is 705 g/mol. The number of aromatic nitrogens is 4. The molecule has 55 heavy (non-hydrogen) atoms. The van der Waals surface area contributed by atoms with E-state index in [4.69, 9.17) is 9.97 Å². The van der Waals surface area contributed by atoms with Crippen molar-refractivity contribution in [3.8, 4) is 45.1 Å². The molecule has 3 heterocycles. The number of allylic oxidation sites excluding steroid dienone is 1. The minimum Gasteiger partial charge on any atom is -0.309 e. The topological polar surface area (TPSA) is 35.6 Å². The van der Waals surface area contributed by atoms with Crippen molar-refractivity contribution >= 4 is 49.7 Å². The Labute approximate surface area is 319 Å². The maximum absolute atomic E-state index is 5.43. The summed E-state index contributed by atoms with van der Waals surface area (Å²) in [6, 6.07) is 61.0. The van der Waals surface area contributed by atoms with Crippen LogP contribution in [0.4, 0.5) is 0 Å². The molecule has 3 aromatic heterocycles. The Balaban J connectivity index is 1.09. The molecule has 260 valence electrons. The van der Waals surface area contributed by atoms with Crippen molar-refractivity contribution in [2.75, 3.05) is 0 Å². The van der Waals surface area contributed by atoms with Crippen LogP contribution in [0.1, 0.15) is 25.1 Å². The first-order valence-corrected chi connectivity index (χ1v) is 18.9. The highest BCUT2D eigenvalue weighted by atomic mass is 15.2. The molecule has 4 nitrogen and oxygen atoms in total. The van der Waals surface area contributed by atoms with E-state index in [1.54, 1.807) is 0 Å². The summed E-state index contributed by atoms with van der Waals surface area (Å²) >= 11 is 0. The number of nitrogens with zero attached hydrogens (tertiary/aromatic N) is 4. The van der Waals surface area contributed by atoms with Crippen molar-refractivity contribution in [2.45, 2.75) is 19.3 Å². The second kappa shape index (κ2) is 12.0. The van der Waals surface area contributed by atoms with Gasteiger partial charge in [0, 0.05) is 43.8 Å². The first-order chi connectivity index (χ1) is 27.0. The number of hydrogen-bond acceptors (Lipinski definition) is 2. The summed E-state index contributed by atoms with van der Waals surface area (Å²) in [6.07, 6.45) is 4.46. The van der Waals surface area contributed by atoms with Crippen molar-refractivity contribution in [2.24, 2.45) is 0 Å². The van der Waals surface area contributed by atoms with Crippen molar-refractivity contribution < 1.29 is 0 Å². The van der Waals surface area contributed by atoms with Gasteiger partial charge in [0.15, 0.2) is 0 Å². The van der Waals surface area contributed by atoms with Gasteiger partial charge in [-0.25, -0.2) is 9.97 Å². The number of benzene rings is 7. The summed E-state index contributed by atoms with van der Waals surface area (Å²) in [4.78, 5) is 10.8. The zero-order chi connectivity index (χ0) is 36.7. The fourth-order valence-electron chi connectivity index (χ4n) is 8.65. The Bertz CT molecular complexity index is 3160. The molecular formula is C51H36N4. The lowest BCUT2D eigenvalue weighted by atomic mass is 9.90. The van der Waals surface area contributed by atoms with Gasteiger partial charge in [-0.2, -0.15) is 0 Å². The Morgan fingerprint density at radius 2 is 0.945 bits per heavy atom. The monoisotopic (exact) mass is 704 g/mol. The Morgan fingerprint density at radius 3 is 1.64 bits per heavy atom. The fraction of sp³-hybridized carbons (Fsp3) is 0.0588. The molecule has 0 atom stereocenters. The number of rotatable bonds is 5. The highest BCUT2D eigenvalue weighted by Gasteiger charge is 2.31. The van der Waals surface area contributed by atoms with Gasteiger partial charge < -0.3 is 4.57 Å². The van der Waals surface area contributed by atoms with Gasteiger partial charge in [-0.15, -0.1) is 0 Å². The molecule has 0 radical (unpaired) electrons. The van der Waals surface area contributed by atoms with E-state index in [-0.39, 0.29) is 5.41 Å². The summed E-state index contributed by atoms with van der Waals surface area (Å²) in [5, 5.41) is 4.84. The van der Waals surface area contributed by atoms with Gasteiger partial charge in [0.1, 0.15) is 0 Å². The molecule has 0 N–H and O–H groups in total. The molecule has 10 aromatic rings. The molecule has 1 aliphatic carbocycles. The molecule has 0 fully saturated rings. The van der Waals surface area contributed by atoms with Crippen LogP contribution in [-0.2, 0) is 5.41 Å². The quantitative estimate of drug-likeness (QED) is 0.179. The van der Waals surface area contributed by atoms with Crippen LogP contribution in [0.2, 0.25) is 0 Å². The van der Waals surface area contributed by atoms with Gasteiger partial charge in [-0.05, 0) is 76.9 Å². The predicted molar refractivity (Wildman–Crippen MR) is 229 cm³/mol. The molecule has 0 aliphatic heterocycles. The molecule has 11 rings (SSSR count). The Kier molecular flexibility index (Phi) is 6.86. The lowest BCUT2D eigenvalue weighted by Crippen LogP contribution is -2.16. The molecule has 1 aliphatic rings. The van der Waals surface area contributed by atoms with Crippen LogP contribution in [0.5, 0.6) is 0 Å². The maximum Gasteiger partial charge on any atom is 0.235 e. The van der Waals surface area contributed by atoms with E-state index in [9.17, 15) is 0 Å². The molecule has 4 heteroatoms. The van der Waals surface area contributed by atoms with Crippen LogP contribution in [0.3, 0.4) is 0 Å². The lowest BCUT2D eigenvalue weighted by Gasteiger charge is -2.20. The summed E-state index contributed by atoms with van der Waals surface area (Å²) in [5.74, 6) is 0.685. The number of hydrogen-bond donors (Lipinski definition) is 0. The summed E-state index contributed by atoms with van der Waals surface area (Å²) < 4.78 is 4.62. The normalized spacial score (nSPS) is 13.3. The fourth-order valence-corrected chi connectivity index (χ4v) is 8.65. The predicted octanol–water partition coefficient (Wildman–Crippen LogP) is 13.0. The highest BCUT2D eigenvalue weighted by Crippen LogP contribution is 2.42. The van der Waals surface area contributed by atoms with E-state index in [2.05, 4.69) is 205 Å². The van der Waals surface area contributed by atoms with Crippen molar-refractivity contribution in [1.82, 2.24) is 19.1 Å². The third-order valence-corrected chi connectivity index (χ3v) is 11.3. The average Bonchev–Trinajstić information content (AvgIpc) is 3.87. The van der Waals surface area contributed by atoms with Crippen molar-refractivity contribution in [3.05, 3.63) is 187 Å². The van der Waals surface area contributed by atoms with E-state index in [1.807, 2.05) is 0 Å². The summed E-state index contributed by atoms with van der Waals surface area (Å²) in [6.45, 7) is 4.48. The maximum atomic E-state index is 5.43. The van der Waals surface area contributed by atoms with E-state index >= 15 is 0 Å². The molecule has 0 saturated heterocycles. The number of fused-ring (bicyclic) bond motifs is 7. The van der Waals surface area contributed by atoms with E-state index in [0.717, 1.165) is 39.2 Å². The smallest absolute Gasteiger partial charge is 0.235 e. The van der Waals surface area contributed by atoms with E-state index < -0.39 is 0 Å². The van der Waals surface area contributed by atoms with Crippen LogP contribution in [0.15, 0.2) is 176 Å². The van der Waals surface area contributed by atoms with Crippen molar-refractivity contribution in [3.63, 3.8) is 0 Å². The van der Waals surface area contributed by atoms with Crippen LogP contribution in [-0.4, -0.2) is 19.1 Å². The van der Waals surface area contributed by atoms with Crippen LogP contribution in [0, 0.1) is 0 Å². The lowest BCUT2D eigenvalue weighted by molar-refractivity contribution is 0.651. The standard InChI is InChI=1S/C51H36N4/c1-51(2)29-28-41-48(37-17-13-16-34(30-37)33-14-5-3-6-15-33)52-50(53-49(41)51)55-45-23-12-10-21-40(45)43-32-36(25-27-47(43)55)35-24-26-46-42(31-35)39-20-9-11-22-44(39)54(46)38-18-7-4-8-19-38/h3-32H,1-2H3. The SMILES string of the molecule is CC1(C)C=Cc2c(-c3cccc(-c4ccccc4)c3)nc(-n3c4ccccc4c4cc(-c5ccc6c(c5)c5ccccc5n6-c5ccccc5)ccc43)nc21.